The van der Waals surface area contributed by atoms with Gasteiger partial charge in [-0.25, -0.2) is 17.2 Å². The highest BCUT2D eigenvalue weighted by molar-refractivity contribution is 7.92. The van der Waals surface area contributed by atoms with Crippen LogP contribution in [0.1, 0.15) is 55.3 Å². The lowest BCUT2D eigenvalue weighted by molar-refractivity contribution is -0.122. The Labute approximate surface area is 245 Å². The molecule has 0 radical (unpaired) electrons. The molecule has 0 spiro atoms. The first-order valence-corrected chi connectivity index (χ1v) is 15.5. The molecule has 0 aliphatic heterocycles. The van der Waals surface area contributed by atoms with Crippen LogP contribution in [-0.2, 0) is 14.6 Å². The molecular formula is C29H31F5N2O6S. The van der Waals surface area contributed by atoms with Crippen molar-refractivity contribution in [1.82, 2.24) is 5.32 Å². The SMILES string of the molecule is COc1cc(F)c(O[C@H]2CC[C@H](F)CC2)cc1C(=O)N[C@@H]1[C@H]2CC[C@H](C2)[C@@H]1C(=O)Nc1cccc(S(=O)(=O)C(F)(F)F)c1. The second kappa shape index (κ2) is 11.9. The summed E-state index contributed by atoms with van der Waals surface area (Å²) in [4.78, 5) is 25.9. The minimum absolute atomic E-state index is 0.0231. The number of fused-ring (bicyclic) bond motifs is 2. The van der Waals surface area contributed by atoms with Crippen LogP contribution in [0, 0.1) is 23.6 Å². The number of ether oxygens (including phenoxy) is 2. The first kappa shape index (κ1) is 31.0. The molecule has 0 heterocycles. The van der Waals surface area contributed by atoms with Gasteiger partial charge in [-0.05, 0) is 81.0 Å². The van der Waals surface area contributed by atoms with E-state index < -0.39 is 62.1 Å². The largest absolute Gasteiger partial charge is 0.501 e. The van der Waals surface area contributed by atoms with Gasteiger partial charge in [0.2, 0.25) is 5.91 Å². The number of amides is 2. The van der Waals surface area contributed by atoms with Gasteiger partial charge in [-0.1, -0.05) is 6.07 Å². The fourth-order valence-corrected chi connectivity index (χ4v) is 7.30. The van der Waals surface area contributed by atoms with E-state index in [1.165, 1.54) is 19.2 Å². The van der Waals surface area contributed by atoms with Gasteiger partial charge >= 0.3 is 5.51 Å². The Morgan fingerprint density at radius 3 is 2.33 bits per heavy atom. The summed E-state index contributed by atoms with van der Waals surface area (Å²) in [5.41, 5.74) is -5.66. The van der Waals surface area contributed by atoms with Crippen LogP contribution in [0.15, 0.2) is 41.3 Å². The summed E-state index contributed by atoms with van der Waals surface area (Å²) in [5.74, 6) is -3.10. The maximum absolute atomic E-state index is 14.8. The van der Waals surface area contributed by atoms with Crippen molar-refractivity contribution >= 4 is 27.3 Å². The van der Waals surface area contributed by atoms with Gasteiger partial charge in [0.05, 0.1) is 29.6 Å². The Bertz CT molecular complexity index is 1490. The average molecular weight is 631 g/mol. The summed E-state index contributed by atoms with van der Waals surface area (Å²) in [7, 11) is -4.35. The third-order valence-electron chi connectivity index (χ3n) is 8.63. The number of carbonyl (C=O) groups is 2. The van der Waals surface area contributed by atoms with Gasteiger partial charge in [-0.2, -0.15) is 13.2 Å². The normalized spacial score (nSPS) is 27.0. The Balaban J connectivity index is 1.34. The van der Waals surface area contributed by atoms with Crippen molar-refractivity contribution in [3.63, 3.8) is 0 Å². The molecule has 8 nitrogen and oxygen atoms in total. The van der Waals surface area contributed by atoms with E-state index in [1.807, 2.05) is 0 Å². The monoisotopic (exact) mass is 630 g/mol. The first-order chi connectivity index (χ1) is 20.3. The molecule has 2 N–H and O–H groups in total. The first-order valence-electron chi connectivity index (χ1n) is 14.0. The van der Waals surface area contributed by atoms with Gasteiger partial charge < -0.3 is 20.1 Å². The quantitative estimate of drug-likeness (QED) is 0.369. The van der Waals surface area contributed by atoms with Crippen molar-refractivity contribution in [3.8, 4) is 11.5 Å². The van der Waals surface area contributed by atoms with E-state index in [0.717, 1.165) is 30.7 Å². The minimum atomic E-state index is -5.62. The molecule has 2 aromatic carbocycles. The fraction of sp³-hybridized carbons (Fsp3) is 0.517. The predicted molar refractivity (Wildman–Crippen MR) is 145 cm³/mol. The molecule has 2 bridgehead atoms. The number of hydrogen-bond acceptors (Lipinski definition) is 6. The van der Waals surface area contributed by atoms with E-state index in [0.29, 0.717) is 38.5 Å². The van der Waals surface area contributed by atoms with Crippen LogP contribution in [-0.4, -0.2) is 51.2 Å². The number of alkyl halides is 4. The van der Waals surface area contributed by atoms with E-state index in [-0.39, 0.29) is 34.6 Å². The molecule has 2 aromatic rings. The van der Waals surface area contributed by atoms with Crippen molar-refractivity contribution in [2.75, 3.05) is 12.4 Å². The van der Waals surface area contributed by atoms with Gasteiger partial charge in [0, 0.05) is 17.8 Å². The maximum Gasteiger partial charge on any atom is 0.501 e. The number of nitrogens with one attached hydrogen (secondary N) is 2. The highest BCUT2D eigenvalue weighted by atomic mass is 32.2. The average Bonchev–Trinajstić information content (AvgIpc) is 3.56. The zero-order valence-corrected chi connectivity index (χ0v) is 23.9. The molecule has 234 valence electrons. The number of rotatable bonds is 8. The van der Waals surface area contributed by atoms with Crippen LogP contribution in [0.4, 0.5) is 27.6 Å². The summed E-state index contributed by atoms with van der Waals surface area (Å²) < 4.78 is 102. The molecule has 0 aromatic heterocycles. The van der Waals surface area contributed by atoms with E-state index in [2.05, 4.69) is 10.6 Å². The van der Waals surface area contributed by atoms with Crippen molar-refractivity contribution < 1.29 is 49.4 Å². The third kappa shape index (κ3) is 6.29. The van der Waals surface area contributed by atoms with Crippen molar-refractivity contribution in [1.29, 1.82) is 0 Å². The van der Waals surface area contributed by atoms with Gasteiger partial charge in [0.15, 0.2) is 11.6 Å². The summed E-state index contributed by atoms with van der Waals surface area (Å²) >= 11 is 0. The Morgan fingerprint density at radius 2 is 1.65 bits per heavy atom. The highest BCUT2D eigenvalue weighted by Crippen LogP contribution is 2.49. The zero-order chi connectivity index (χ0) is 31.1. The van der Waals surface area contributed by atoms with E-state index in [4.69, 9.17) is 9.47 Å². The molecule has 4 atom stereocenters. The predicted octanol–water partition coefficient (Wildman–Crippen LogP) is 5.57. The lowest BCUT2D eigenvalue weighted by atomic mass is 9.83. The molecule has 3 saturated carbocycles. The van der Waals surface area contributed by atoms with Crippen LogP contribution in [0.25, 0.3) is 0 Å². The summed E-state index contributed by atoms with van der Waals surface area (Å²) in [5, 5.41) is 5.40. The molecule has 5 rings (SSSR count). The van der Waals surface area contributed by atoms with Crippen LogP contribution in [0.5, 0.6) is 11.5 Å². The molecular weight excluding hydrogens is 599 g/mol. The molecule has 0 unspecified atom stereocenters. The summed E-state index contributed by atoms with van der Waals surface area (Å²) in [6, 6.07) is 5.51. The van der Waals surface area contributed by atoms with Crippen LogP contribution >= 0.6 is 0 Å². The Hall–Kier alpha value is -3.42. The number of hydrogen-bond donors (Lipinski definition) is 2. The Kier molecular flexibility index (Phi) is 8.61. The molecule has 0 saturated heterocycles. The molecule has 3 aliphatic carbocycles. The van der Waals surface area contributed by atoms with Gasteiger partial charge in [0.25, 0.3) is 15.7 Å². The molecule has 43 heavy (non-hydrogen) atoms. The van der Waals surface area contributed by atoms with E-state index >= 15 is 0 Å². The van der Waals surface area contributed by atoms with E-state index in [1.54, 1.807) is 0 Å². The number of benzene rings is 2. The molecule has 3 aliphatic rings. The third-order valence-corrected chi connectivity index (χ3v) is 10.1. The number of carbonyl (C=O) groups excluding carboxylic acids is 2. The van der Waals surface area contributed by atoms with E-state index in [9.17, 15) is 40.0 Å². The smallest absolute Gasteiger partial charge is 0.496 e. The zero-order valence-electron chi connectivity index (χ0n) is 23.1. The number of sulfone groups is 1. The standard InChI is InChI=1S/C29H31F5N2O6S/c1-41-23-14-22(31)24(42-19-9-7-17(30)8-10-19)13-21(23)27(37)36-26-16-6-5-15(11-16)25(26)28(38)35-18-3-2-4-20(12-18)43(39,40)29(32,33)34/h2-4,12-17,19,25-26H,5-11H2,1H3,(H,35,38)(H,36,37)/t15-,16+,17-,19-,25+,26-/m1/s1. The second-order valence-electron chi connectivity index (χ2n) is 11.3. The molecule has 2 amide bonds. The van der Waals surface area contributed by atoms with Gasteiger partial charge in [-0.15, -0.1) is 0 Å². The van der Waals surface area contributed by atoms with Crippen molar-refractivity contribution in [2.45, 2.75) is 73.7 Å². The van der Waals surface area contributed by atoms with Crippen LogP contribution < -0.4 is 20.1 Å². The van der Waals surface area contributed by atoms with Crippen molar-refractivity contribution in [2.24, 2.45) is 17.8 Å². The van der Waals surface area contributed by atoms with Crippen molar-refractivity contribution in [3.05, 3.63) is 47.8 Å². The minimum Gasteiger partial charge on any atom is -0.496 e. The second-order valence-corrected chi connectivity index (χ2v) is 13.2. The number of halogens is 5. The van der Waals surface area contributed by atoms with Crippen LogP contribution in [0.2, 0.25) is 0 Å². The topological polar surface area (TPSA) is 111 Å². The van der Waals surface area contributed by atoms with Gasteiger partial charge in [0.1, 0.15) is 11.9 Å². The van der Waals surface area contributed by atoms with Crippen LogP contribution in [0.3, 0.4) is 0 Å². The van der Waals surface area contributed by atoms with Gasteiger partial charge in [-0.3, -0.25) is 9.59 Å². The number of methoxy groups -OCH3 is 1. The lowest BCUT2D eigenvalue weighted by Gasteiger charge is -2.31. The summed E-state index contributed by atoms with van der Waals surface area (Å²) in [6.07, 6.45) is 2.15. The summed E-state index contributed by atoms with van der Waals surface area (Å²) in [6.45, 7) is 0. The lowest BCUT2D eigenvalue weighted by Crippen LogP contribution is -2.48. The molecule has 3 fully saturated rings. The molecule has 14 heteroatoms. The fourth-order valence-electron chi connectivity index (χ4n) is 6.50. The Morgan fingerprint density at radius 1 is 0.953 bits per heavy atom. The maximum atomic E-state index is 14.8. The number of anilines is 1. The highest BCUT2D eigenvalue weighted by Gasteiger charge is 2.52.